The van der Waals surface area contributed by atoms with E-state index >= 15 is 0 Å². The van der Waals surface area contributed by atoms with Gasteiger partial charge in [-0.05, 0) is 62.6 Å². The zero-order valence-electron chi connectivity index (χ0n) is 17.4. The Kier molecular flexibility index (Phi) is 6.71. The van der Waals surface area contributed by atoms with Crippen molar-refractivity contribution in [2.24, 2.45) is 0 Å². The summed E-state index contributed by atoms with van der Waals surface area (Å²) in [6.07, 6.45) is 0. The van der Waals surface area contributed by atoms with Crippen molar-refractivity contribution in [1.82, 2.24) is 9.21 Å². The second kappa shape index (κ2) is 8.90. The van der Waals surface area contributed by atoms with Crippen LogP contribution in [0, 0.1) is 27.7 Å². The largest absolute Gasteiger partial charge is 0.339 e. The van der Waals surface area contributed by atoms with E-state index in [0.717, 1.165) is 16.0 Å². The Morgan fingerprint density at radius 3 is 2.21 bits per heavy atom. The number of carbonyl (C=O) groups excluding carboxylic acids is 1. The quantitative estimate of drug-likeness (QED) is 0.678. The van der Waals surface area contributed by atoms with Gasteiger partial charge in [-0.15, -0.1) is 11.8 Å². The average molecular weight is 433 g/mol. The monoisotopic (exact) mass is 432 g/mol. The summed E-state index contributed by atoms with van der Waals surface area (Å²) in [5.41, 5.74) is 4.41. The van der Waals surface area contributed by atoms with E-state index in [2.05, 4.69) is 32.0 Å². The number of hydrogen-bond donors (Lipinski definition) is 0. The van der Waals surface area contributed by atoms with Crippen LogP contribution in [0.25, 0.3) is 0 Å². The number of nitrogens with zero attached hydrogens (tertiary/aromatic N) is 2. The molecule has 0 unspecified atom stereocenters. The smallest absolute Gasteiger partial charge is 0.243 e. The van der Waals surface area contributed by atoms with Crippen LogP contribution in [0.3, 0.4) is 0 Å². The van der Waals surface area contributed by atoms with Gasteiger partial charge in [-0.2, -0.15) is 4.31 Å². The van der Waals surface area contributed by atoms with E-state index in [1.54, 1.807) is 28.8 Å². The molecule has 0 spiro atoms. The van der Waals surface area contributed by atoms with E-state index in [1.807, 2.05) is 19.9 Å². The minimum absolute atomic E-state index is 0.0539. The van der Waals surface area contributed by atoms with Crippen LogP contribution in [0.5, 0.6) is 0 Å². The van der Waals surface area contributed by atoms with Crippen molar-refractivity contribution in [2.45, 2.75) is 37.5 Å². The van der Waals surface area contributed by atoms with Crippen LogP contribution >= 0.6 is 11.8 Å². The van der Waals surface area contributed by atoms with E-state index in [0.29, 0.717) is 36.8 Å². The summed E-state index contributed by atoms with van der Waals surface area (Å²) in [6, 6.07) is 11.4. The third kappa shape index (κ3) is 5.02. The molecule has 0 aromatic heterocycles. The van der Waals surface area contributed by atoms with E-state index < -0.39 is 10.0 Å². The fourth-order valence-corrected chi connectivity index (χ4v) is 5.81. The third-order valence-electron chi connectivity index (χ3n) is 5.39. The highest BCUT2D eigenvalue weighted by atomic mass is 32.2. The molecule has 0 bridgehead atoms. The molecule has 2 aromatic carbocycles. The molecule has 0 N–H and O–H groups in total. The maximum atomic E-state index is 12.9. The Labute approximate surface area is 178 Å². The van der Waals surface area contributed by atoms with Crippen molar-refractivity contribution in [3.8, 4) is 0 Å². The molecule has 1 fully saturated rings. The van der Waals surface area contributed by atoms with Crippen LogP contribution in [-0.4, -0.2) is 55.5 Å². The first-order valence-corrected chi connectivity index (χ1v) is 12.2. The Balaban J connectivity index is 1.58. The van der Waals surface area contributed by atoms with Gasteiger partial charge in [0.15, 0.2) is 0 Å². The van der Waals surface area contributed by atoms with E-state index in [1.165, 1.54) is 15.4 Å². The predicted molar refractivity (Wildman–Crippen MR) is 118 cm³/mol. The molecule has 5 nitrogen and oxygen atoms in total. The molecule has 29 heavy (non-hydrogen) atoms. The number of amides is 1. The number of hydrogen-bond acceptors (Lipinski definition) is 4. The number of benzene rings is 2. The van der Waals surface area contributed by atoms with Crippen molar-refractivity contribution < 1.29 is 13.2 Å². The van der Waals surface area contributed by atoms with E-state index in [4.69, 9.17) is 0 Å². The number of sulfonamides is 1. The van der Waals surface area contributed by atoms with Gasteiger partial charge in [-0.1, -0.05) is 23.8 Å². The molecule has 0 atom stereocenters. The highest BCUT2D eigenvalue weighted by molar-refractivity contribution is 8.00. The molecular formula is C22H28N2O3S2. The van der Waals surface area contributed by atoms with Crippen molar-refractivity contribution in [3.05, 3.63) is 58.7 Å². The van der Waals surface area contributed by atoms with Crippen molar-refractivity contribution in [3.63, 3.8) is 0 Å². The zero-order chi connectivity index (χ0) is 21.2. The van der Waals surface area contributed by atoms with Gasteiger partial charge in [0.2, 0.25) is 15.9 Å². The molecule has 3 rings (SSSR count). The minimum Gasteiger partial charge on any atom is -0.339 e. The lowest BCUT2D eigenvalue weighted by Gasteiger charge is -2.34. The molecule has 7 heteroatoms. The second-order valence-electron chi connectivity index (χ2n) is 7.59. The molecule has 156 valence electrons. The first-order valence-electron chi connectivity index (χ1n) is 9.74. The summed E-state index contributed by atoms with van der Waals surface area (Å²) in [5.74, 6) is 0.423. The van der Waals surface area contributed by atoms with Crippen LogP contribution in [0.1, 0.15) is 22.3 Å². The van der Waals surface area contributed by atoms with Gasteiger partial charge < -0.3 is 4.90 Å². The summed E-state index contributed by atoms with van der Waals surface area (Å²) in [4.78, 5) is 15.8. The van der Waals surface area contributed by atoms with Gasteiger partial charge in [0.25, 0.3) is 0 Å². The standard InChI is InChI=1S/C22H28N2O3S2/c1-16-5-8-21(19(4)13-16)28-15-22(25)23-9-11-24(12-10-23)29(26,27)20-7-6-17(2)18(3)14-20/h5-8,13-14H,9-12,15H2,1-4H3. The fraction of sp³-hybridized carbons (Fsp3) is 0.409. The summed E-state index contributed by atoms with van der Waals surface area (Å²) < 4.78 is 27.3. The normalized spacial score (nSPS) is 15.5. The SMILES string of the molecule is Cc1ccc(SCC(=O)N2CCN(S(=O)(=O)c3ccc(C)c(C)c3)CC2)c(C)c1. The topological polar surface area (TPSA) is 57.7 Å². The number of piperazine rings is 1. The highest BCUT2D eigenvalue weighted by Gasteiger charge is 2.30. The summed E-state index contributed by atoms with van der Waals surface area (Å²) in [6.45, 7) is 9.50. The van der Waals surface area contributed by atoms with Gasteiger partial charge in [-0.3, -0.25) is 4.79 Å². The van der Waals surface area contributed by atoms with Gasteiger partial charge >= 0.3 is 0 Å². The maximum Gasteiger partial charge on any atom is 0.243 e. The number of thioether (sulfide) groups is 1. The average Bonchev–Trinajstić information content (AvgIpc) is 2.69. The first kappa shape index (κ1) is 21.9. The highest BCUT2D eigenvalue weighted by Crippen LogP contribution is 2.24. The number of aryl methyl sites for hydroxylation is 4. The van der Waals surface area contributed by atoms with Gasteiger partial charge in [-0.25, -0.2) is 8.42 Å². The molecule has 0 saturated carbocycles. The number of rotatable bonds is 5. The lowest BCUT2D eigenvalue weighted by Crippen LogP contribution is -2.50. The van der Waals surface area contributed by atoms with Crippen LogP contribution in [0.2, 0.25) is 0 Å². The fourth-order valence-electron chi connectivity index (χ4n) is 3.39. The molecule has 0 aliphatic carbocycles. The molecular weight excluding hydrogens is 404 g/mol. The molecule has 1 aliphatic heterocycles. The van der Waals surface area contributed by atoms with Crippen molar-refractivity contribution >= 4 is 27.7 Å². The summed E-state index contributed by atoms with van der Waals surface area (Å²) >= 11 is 1.54. The van der Waals surface area contributed by atoms with Gasteiger partial charge in [0.05, 0.1) is 10.6 Å². The van der Waals surface area contributed by atoms with Gasteiger partial charge in [0, 0.05) is 31.1 Å². The first-order chi connectivity index (χ1) is 13.7. The predicted octanol–water partition coefficient (Wildman–Crippen LogP) is 3.55. The number of carbonyl (C=O) groups is 1. The Bertz CT molecular complexity index is 1010. The molecule has 1 saturated heterocycles. The summed E-state index contributed by atoms with van der Waals surface area (Å²) in [5, 5.41) is 0. The van der Waals surface area contributed by atoms with Crippen molar-refractivity contribution in [2.75, 3.05) is 31.9 Å². The lowest BCUT2D eigenvalue weighted by atomic mass is 10.1. The summed E-state index contributed by atoms with van der Waals surface area (Å²) in [7, 11) is -3.53. The van der Waals surface area contributed by atoms with Crippen LogP contribution in [-0.2, 0) is 14.8 Å². The molecule has 2 aromatic rings. The zero-order valence-corrected chi connectivity index (χ0v) is 19.1. The van der Waals surface area contributed by atoms with Crippen LogP contribution in [0.15, 0.2) is 46.2 Å². The minimum atomic E-state index is -3.53. The lowest BCUT2D eigenvalue weighted by molar-refractivity contribution is -0.129. The second-order valence-corrected chi connectivity index (χ2v) is 10.5. The Hall–Kier alpha value is -1.83. The Morgan fingerprint density at radius 2 is 1.59 bits per heavy atom. The van der Waals surface area contributed by atoms with Gasteiger partial charge in [0.1, 0.15) is 0 Å². The molecule has 0 radical (unpaired) electrons. The molecule has 1 aliphatic rings. The van der Waals surface area contributed by atoms with Crippen molar-refractivity contribution in [1.29, 1.82) is 0 Å². The Morgan fingerprint density at radius 1 is 0.897 bits per heavy atom. The van der Waals surface area contributed by atoms with Crippen LogP contribution < -0.4 is 0 Å². The van der Waals surface area contributed by atoms with Crippen LogP contribution in [0.4, 0.5) is 0 Å². The molecule has 1 heterocycles. The van der Waals surface area contributed by atoms with E-state index in [-0.39, 0.29) is 5.91 Å². The molecule has 1 amide bonds. The van der Waals surface area contributed by atoms with E-state index in [9.17, 15) is 13.2 Å². The maximum absolute atomic E-state index is 12.9. The third-order valence-corrected chi connectivity index (χ3v) is 8.44.